The second-order valence-corrected chi connectivity index (χ2v) is 6.25. The molecule has 0 heterocycles. The van der Waals surface area contributed by atoms with Crippen LogP contribution in [0.1, 0.15) is 31.1 Å². The van der Waals surface area contributed by atoms with Crippen LogP contribution in [0, 0.1) is 0 Å². The van der Waals surface area contributed by atoms with Gasteiger partial charge in [0.1, 0.15) is 6.04 Å². The lowest BCUT2D eigenvalue weighted by Crippen LogP contribution is -2.46. The molecule has 1 aromatic carbocycles. The molecule has 1 rings (SSSR count). The van der Waals surface area contributed by atoms with Gasteiger partial charge in [-0.15, -0.1) is 0 Å². The Morgan fingerprint density at radius 2 is 1.74 bits per heavy atom. The van der Waals surface area contributed by atoms with Gasteiger partial charge in [0, 0.05) is 15.0 Å². The van der Waals surface area contributed by atoms with Crippen molar-refractivity contribution in [3.63, 3.8) is 0 Å². The summed E-state index contributed by atoms with van der Waals surface area (Å²) >= 11 is 6.64. The fourth-order valence-electron chi connectivity index (χ4n) is 1.42. The molecule has 0 saturated carbocycles. The molecule has 104 valence electrons. The van der Waals surface area contributed by atoms with Gasteiger partial charge >= 0.3 is 0 Å². The Kier molecular flexibility index (Phi) is 6.00. The number of halogens is 2. The van der Waals surface area contributed by atoms with Crippen LogP contribution in [0.3, 0.4) is 0 Å². The number of rotatable bonds is 4. The maximum atomic E-state index is 12.0. The molecule has 1 unspecified atom stereocenters. The summed E-state index contributed by atoms with van der Waals surface area (Å²) in [6.45, 7) is 5.40. The summed E-state index contributed by atoms with van der Waals surface area (Å²) in [6.07, 6.45) is 0. The molecule has 6 heteroatoms. The average Bonchev–Trinajstić information content (AvgIpc) is 2.27. The molecule has 0 aromatic heterocycles. The van der Waals surface area contributed by atoms with Crippen LogP contribution in [0.2, 0.25) is 0 Å². The number of carbonyl (C=O) groups excluding carboxylic acids is 2. The maximum absolute atomic E-state index is 12.0. The van der Waals surface area contributed by atoms with Gasteiger partial charge in [-0.2, -0.15) is 0 Å². The van der Waals surface area contributed by atoms with Crippen molar-refractivity contribution in [2.24, 2.45) is 0 Å². The first-order chi connectivity index (χ1) is 8.81. The van der Waals surface area contributed by atoms with E-state index in [1.807, 2.05) is 13.8 Å². The molecule has 2 amide bonds. The number of benzene rings is 1. The molecule has 0 bridgehead atoms. The van der Waals surface area contributed by atoms with Gasteiger partial charge in [0.15, 0.2) is 0 Å². The van der Waals surface area contributed by atoms with E-state index in [-0.39, 0.29) is 17.9 Å². The number of amides is 2. The van der Waals surface area contributed by atoms with Gasteiger partial charge < -0.3 is 10.6 Å². The van der Waals surface area contributed by atoms with E-state index in [4.69, 9.17) is 0 Å². The highest BCUT2D eigenvalue weighted by atomic mass is 79.9. The maximum Gasteiger partial charge on any atom is 0.253 e. The van der Waals surface area contributed by atoms with Crippen LogP contribution in [0.25, 0.3) is 0 Å². The Morgan fingerprint density at radius 3 is 2.26 bits per heavy atom. The average molecular weight is 392 g/mol. The molecule has 4 nitrogen and oxygen atoms in total. The summed E-state index contributed by atoms with van der Waals surface area (Å²) in [5.41, 5.74) is 0.493. The van der Waals surface area contributed by atoms with Crippen molar-refractivity contribution in [2.75, 3.05) is 0 Å². The molecule has 0 radical (unpaired) electrons. The monoisotopic (exact) mass is 390 g/mol. The molecule has 0 aliphatic heterocycles. The highest BCUT2D eigenvalue weighted by Crippen LogP contribution is 2.21. The van der Waals surface area contributed by atoms with Crippen molar-refractivity contribution in [3.05, 3.63) is 32.7 Å². The summed E-state index contributed by atoms with van der Waals surface area (Å²) in [6, 6.07) is 4.72. The zero-order chi connectivity index (χ0) is 14.6. The summed E-state index contributed by atoms with van der Waals surface area (Å²) in [5.74, 6) is -0.484. The molecule has 1 atom stereocenters. The van der Waals surface area contributed by atoms with Crippen molar-refractivity contribution < 1.29 is 9.59 Å². The van der Waals surface area contributed by atoms with Gasteiger partial charge in [0.2, 0.25) is 5.91 Å². The number of carbonyl (C=O) groups is 2. The van der Waals surface area contributed by atoms with Crippen molar-refractivity contribution in [3.8, 4) is 0 Å². The van der Waals surface area contributed by atoms with Crippen LogP contribution in [0.5, 0.6) is 0 Å². The van der Waals surface area contributed by atoms with Gasteiger partial charge in [-0.3, -0.25) is 9.59 Å². The third-order valence-electron chi connectivity index (χ3n) is 2.35. The zero-order valence-electron chi connectivity index (χ0n) is 11.0. The smallest absolute Gasteiger partial charge is 0.253 e. The number of hydrogen-bond acceptors (Lipinski definition) is 2. The molecular weight excluding hydrogens is 376 g/mol. The van der Waals surface area contributed by atoms with Crippen LogP contribution in [-0.4, -0.2) is 23.9 Å². The molecule has 0 aliphatic rings. The van der Waals surface area contributed by atoms with Gasteiger partial charge in [0.25, 0.3) is 5.91 Å². The van der Waals surface area contributed by atoms with Gasteiger partial charge in [-0.05, 0) is 54.9 Å². The normalized spacial score (nSPS) is 12.1. The lowest BCUT2D eigenvalue weighted by Gasteiger charge is -2.16. The van der Waals surface area contributed by atoms with Gasteiger partial charge in [0.05, 0.1) is 5.56 Å². The highest BCUT2D eigenvalue weighted by molar-refractivity contribution is 9.11. The van der Waals surface area contributed by atoms with E-state index in [2.05, 4.69) is 42.5 Å². The minimum atomic E-state index is -0.578. The Bertz CT molecular complexity index is 490. The Morgan fingerprint density at radius 1 is 1.11 bits per heavy atom. The molecular formula is C13H16Br2N2O2. The second kappa shape index (κ2) is 7.05. The summed E-state index contributed by atoms with van der Waals surface area (Å²) in [7, 11) is 0. The van der Waals surface area contributed by atoms with E-state index < -0.39 is 6.04 Å². The standard InChI is InChI=1S/C13H16Br2N2O2/c1-7(2)16-12(18)8(3)17-13(19)10-5-4-9(14)6-11(10)15/h4-8H,1-3H3,(H,16,18)(H,17,19). The predicted molar refractivity (Wildman–Crippen MR) is 82.0 cm³/mol. The van der Waals surface area contributed by atoms with Gasteiger partial charge in [-0.25, -0.2) is 0 Å². The predicted octanol–water partition coefficient (Wildman–Crippen LogP) is 2.85. The van der Waals surface area contributed by atoms with E-state index in [1.54, 1.807) is 25.1 Å². The lowest BCUT2D eigenvalue weighted by atomic mass is 10.2. The number of hydrogen-bond donors (Lipinski definition) is 2. The minimum absolute atomic E-state index is 0.0475. The van der Waals surface area contributed by atoms with Crippen molar-refractivity contribution in [1.82, 2.24) is 10.6 Å². The fraction of sp³-hybridized carbons (Fsp3) is 0.385. The van der Waals surface area contributed by atoms with Crippen molar-refractivity contribution >= 4 is 43.7 Å². The topological polar surface area (TPSA) is 58.2 Å². The van der Waals surface area contributed by atoms with Crippen LogP contribution in [0.4, 0.5) is 0 Å². The molecule has 19 heavy (non-hydrogen) atoms. The lowest BCUT2D eigenvalue weighted by molar-refractivity contribution is -0.123. The van der Waals surface area contributed by atoms with Crippen LogP contribution in [-0.2, 0) is 4.79 Å². The first-order valence-electron chi connectivity index (χ1n) is 5.87. The van der Waals surface area contributed by atoms with E-state index in [0.29, 0.717) is 10.0 Å². The van der Waals surface area contributed by atoms with E-state index in [9.17, 15) is 9.59 Å². The van der Waals surface area contributed by atoms with Crippen LogP contribution in [0.15, 0.2) is 27.1 Å². The number of nitrogens with one attached hydrogen (secondary N) is 2. The van der Waals surface area contributed by atoms with E-state index in [0.717, 1.165) is 4.47 Å². The van der Waals surface area contributed by atoms with Crippen LogP contribution < -0.4 is 10.6 Å². The first-order valence-corrected chi connectivity index (χ1v) is 7.46. The SMILES string of the molecule is CC(C)NC(=O)C(C)NC(=O)c1ccc(Br)cc1Br. The van der Waals surface area contributed by atoms with Crippen molar-refractivity contribution in [2.45, 2.75) is 32.9 Å². The highest BCUT2D eigenvalue weighted by Gasteiger charge is 2.18. The minimum Gasteiger partial charge on any atom is -0.352 e. The molecule has 1 aromatic rings. The summed E-state index contributed by atoms with van der Waals surface area (Å²) < 4.78 is 1.55. The van der Waals surface area contributed by atoms with Crippen LogP contribution >= 0.6 is 31.9 Å². The zero-order valence-corrected chi connectivity index (χ0v) is 14.1. The Labute approximate surface area is 129 Å². The molecule has 0 aliphatic carbocycles. The van der Waals surface area contributed by atoms with Crippen molar-refractivity contribution in [1.29, 1.82) is 0 Å². The quantitative estimate of drug-likeness (QED) is 0.828. The van der Waals surface area contributed by atoms with Gasteiger partial charge in [-0.1, -0.05) is 15.9 Å². The molecule has 2 N–H and O–H groups in total. The largest absolute Gasteiger partial charge is 0.352 e. The Hall–Kier alpha value is -0.880. The van der Waals surface area contributed by atoms with E-state index in [1.165, 1.54) is 0 Å². The van der Waals surface area contributed by atoms with E-state index >= 15 is 0 Å². The second-order valence-electron chi connectivity index (χ2n) is 4.48. The third kappa shape index (κ3) is 4.95. The third-order valence-corrected chi connectivity index (χ3v) is 3.50. The molecule has 0 saturated heterocycles. The summed E-state index contributed by atoms with van der Waals surface area (Å²) in [5, 5.41) is 5.42. The first kappa shape index (κ1) is 16.2. The summed E-state index contributed by atoms with van der Waals surface area (Å²) in [4.78, 5) is 23.8. The molecule has 0 fully saturated rings. The molecule has 0 spiro atoms. The Balaban J connectivity index is 2.71. The fourth-order valence-corrected chi connectivity index (χ4v) is 2.65.